The van der Waals surface area contributed by atoms with Crippen LogP contribution in [0.2, 0.25) is 0 Å². The van der Waals surface area contributed by atoms with Crippen molar-refractivity contribution >= 4 is 34.7 Å². The Hall–Kier alpha value is -1.80. The molecule has 6 nitrogen and oxygen atoms in total. The molecule has 0 atom stereocenters. The maximum atomic E-state index is 8.89. The Balaban J connectivity index is 0.00000123. The zero-order valence-electron chi connectivity index (χ0n) is 16.1. The molecule has 0 aliphatic rings. The minimum absolute atomic E-state index is 0. The zero-order valence-corrected chi connectivity index (χ0v) is 18.9. The molecule has 2 aromatic carbocycles. The summed E-state index contributed by atoms with van der Waals surface area (Å²) in [6.07, 6.45) is 0. The molecule has 0 unspecified atom stereocenters. The third-order valence-corrected chi connectivity index (χ3v) is 3.05. The van der Waals surface area contributed by atoms with E-state index < -0.39 is 5.97 Å². The van der Waals surface area contributed by atoms with E-state index in [1.54, 1.807) is 0 Å². The van der Waals surface area contributed by atoms with E-state index in [0.717, 1.165) is 29.8 Å². The molecule has 0 saturated heterocycles. The van der Waals surface area contributed by atoms with Crippen molar-refractivity contribution in [3.05, 3.63) is 48.5 Å². The van der Waals surface area contributed by atoms with Crippen molar-refractivity contribution in [2.45, 2.75) is 20.8 Å². The van der Waals surface area contributed by atoms with Crippen LogP contribution >= 0.6 is 12.2 Å². The van der Waals surface area contributed by atoms with Gasteiger partial charge in [-0.05, 0) is 81.5 Å². The van der Waals surface area contributed by atoms with Crippen LogP contribution in [-0.4, -0.2) is 24.3 Å². The van der Waals surface area contributed by atoms with E-state index >= 15 is 0 Å². The molecular weight excluding hydrogens is 375 g/mol. The first-order chi connectivity index (χ1) is 12.4. The molecule has 0 fully saturated rings. The number of carbonyl (C=O) groups excluding carboxylic acids is 1. The third kappa shape index (κ3) is 11.5. The summed E-state index contributed by atoms with van der Waals surface area (Å²) in [5.74, 6) is 0.608. The second-order valence-corrected chi connectivity index (χ2v) is 5.39. The molecule has 0 aliphatic carbocycles. The molecule has 0 saturated carbocycles. The fourth-order valence-corrected chi connectivity index (χ4v) is 2.13. The van der Waals surface area contributed by atoms with E-state index in [4.69, 9.17) is 31.6 Å². The molecule has 0 spiro atoms. The van der Waals surface area contributed by atoms with E-state index in [0.29, 0.717) is 18.3 Å². The van der Waals surface area contributed by atoms with Crippen molar-refractivity contribution in [3.63, 3.8) is 0 Å². The second-order valence-electron chi connectivity index (χ2n) is 4.99. The van der Waals surface area contributed by atoms with Gasteiger partial charge in [0.2, 0.25) is 0 Å². The molecule has 0 aliphatic heterocycles. The molecule has 0 bridgehead atoms. The number of hydrogen-bond acceptors (Lipinski definition) is 5. The monoisotopic (exact) mass is 398 g/mol. The Morgan fingerprint density at radius 2 is 1.19 bits per heavy atom. The summed E-state index contributed by atoms with van der Waals surface area (Å²) < 4.78 is 10.8. The predicted molar refractivity (Wildman–Crippen MR) is 106 cm³/mol. The van der Waals surface area contributed by atoms with E-state index in [9.17, 15) is 0 Å². The van der Waals surface area contributed by atoms with Crippen LogP contribution in [0.15, 0.2) is 48.5 Å². The molecule has 0 heterocycles. The minimum atomic E-state index is -1.08. The van der Waals surface area contributed by atoms with Gasteiger partial charge < -0.3 is 30.0 Å². The fraction of sp³-hybridized carbons (Fsp3) is 0.263. The summed E-state index contributed by atoms with van der Waals surface area (Å²) in [6.45, 7) is 6.21. The SMILES string of the molecule is CC(=O)[O-].CCOc1ccc(NC(=S)Nc2ccc(OCC)cc2)cc1.[Na+]. The van der Waals surface area contributed by atoms with Crippen LogP contribution in [0, 0.1) is 0 Å². The van der Waals surface area contributed by atoms with E-state index in [-0.39, 0.29) is 29.6 Å². The number of anilines is 2. The Bertz CT molecular complexity index is 636. The van der Waals surface area contributed by atoms with E-state index in [1.165, 1.54) is 0 Å². The van der Waals surface area contributed by atoms with Gasteiger partial charge in [-0.25, -0.2) is 0 Å². The first kappa shape index (κ1) is 25.2. The maximum Gasteiger partial charge on any atom is 1.00 e. The van der Waals surface area contributed by atoms with Crippen molar-refractivity contribution in [2.75, 3.05) is 23.8 Å². The van der Waals surface area contributed by atoms with Gasteiger partial charge in [-0.1, -0.05) is 0 Å². The third-order valence-electron chi connectivity index (χ3n) is 2.85. The van der Waals surface area contributed by atoms with Crippen LogP contribution in [0.4, 0.5) is 11.4 Å². The second kappa shape index (κ2) is 14.3. The summed E-state index contributed by atoms with van der Waals surface area (Å²) in [5.41, 5.74) is 1.82. The number of carbonyl (C=O) groups is 1. The van der Waals surface area contributed by atoms with Crippen molar-refractivity contribution in [2.24, 2.45) is 0 Å². The normalized spacial score (nSPS) is 9.00. The van der Waals surface area contributed by atoms with E-state index in [2.05, 4.69) is 10.6 Å². The fourth-order valence-electron chi connectivity index (χ4n) is 1.90. The topological polar surface area (TPSA) is 82.7 Å². The molecule has 27 heavy (non-hydrogen) atoms. The van der Waals surface area contributed by atoms with Crippen LogP contribution in [0.3, 0.4) is 0 Å². The van der Waals surface area contributed by atoms with Gasteiger partial charge in [-0.3, -0.25) is 0 Å². The molecule has 0 amide bonds. The van der Waals surface area contributed by atoms with Gasteiger partial charge in [0.25, 0.3) is 0 Å². The number of nitrogens with one attached hydrogen (secondary N) is 2. The van der Waals surface area contributed by atoms with Crippen LogP contribution in [0.5, 0.6) is 11.5 Å². The first-order valence-electron chi connectivity index (χ1n) is 8.15. The summed E-state index contributed by atoms with van der Waals surface area (Å²) in [6, 6.07) is 15.3. The number of benzene rings is 2. The smallest absolute Gasteiger partial charge is 0.550 e. The summed E-state index contributed by atoms with van der Waals surface area (Å²) in [4.78, 5) is 8.89. The van der Waals surface area contributed by atoms with Gasteiger partial charge in [0.05, 0.1) is 13.2 Å². The van der Waals surface area contributed by atoms with Crippen molar-refractivity contribution in [1.29, 1.82) is 0 Å². The molecule has 2 N–H and O–H groups in total. The average molecular weight is 398 g/mol. The van der Waals surface area contributed by atoms with Gasteiger partial charge in [0.15, 0.2) is 5.11 Å². The molecular formula is C19H23N2NaO4S. The molecule has 2 aromatic rings. The van der Waals surface area contributed by atoms with Crippen LogP contribution in [0.1, 0.15) is 20.8 Å². The summed E-state index contributed by atoms with van der Waals surface area (Å²) in [7, 11) is 0. The minimum Gasteiger partial charge on any atom is -0.550 e. The predicted octanol–water partition coefficient (Wildman–Crippen LogP) is 0.0531. The van der Waals surface area contributed by atoms with Crippen LogP contribution in [0.25, 0.3) is 0 Å². The van der Waals surface area contributed by atoms with Gasteiger partial charge in [-0.15, -0.1) is 0 Å². The number of rotatable bonds is 6. The standard InChI is InChI=1S/C17H20N2O2S.C2H4O2.Na/c1-3-20-15-9-5-13(6-10-15)18-17(22)19-14-7-11-16(12-8-14)21-4-2;1-2(3)4;/h5-12H,3-4H2,1-2H3,(H2,18,19,22);1H3,(H,3,4);/q;;+1/p-1. The quantitative estimate of drug-likeness (QED) is 0.526. The van der Waals surface area contributed by atoms with Crippen molar-refractivity contribution in [1.82, 2.24) is 0 Å². The van der Waals surface area contributed by atoms with Crippen molar-refractivity contribution < 1.29 is 48.9 Å². The Kier molecular flexibility index (Phi) is 13.3. The molecule has 8 heteroatoms. The number of thiocarbonyl (C=S) groups is 1. The Morgan fingerprint density at radius 1 is 0.889 bits per heavy atom. The van der Waals surface area contributed by atoms with Gasteiger partial charge >= 0.3 is 29.6 Å². The average Bonchev–Trinajstić information content (AvgIpc) is 2.58. The van der Waals surface area contributed by atoms with Crippen molar-refractivity contribution in [3.8, 4) is 11.5 Å². The Morgan fingerprint density at radius 3 is 1.44 bits per heavy atom. The molecule has 140 valence electrons. The summed E-state index contributed by atoms with van der Waals surface area (Å²) in [5, 5.41) is 15.7. The number of aliphatic carboxylic acids is 1. The molecule has 0 aromatic heterocycles. The number of carboxylic acids is 1. The number of ether oxygens (including phenoxy) is 2. The maximum absolute atomic E-state index is 8.89. The first-order valence-corrected chi connectivity index (χ1v) is 8.56. The van der Waals surface area contributed by atoms with E-state index in [1.807, 2.05) is 62.4 Å². The van der Waals surface area contributed by atoms with Gasteiger partial charge in [0.1, 0.15) is 11.5 Å². The van der Waals surface area contributed by atoms with Crippen LogP contribution in [-0.2, 0) is 4.79 Å². The largest absolute Gasteiger partial charge is 1.00 e. The Labute approximate surface area is 187 Å². The number of carboxylic acid groups (broad SMARTS) is 1. The molecule has 2 rings (SSSR count). The zero-order chi connectivity index (χ0) is 19.4. The number of hydrogen-bond donors (Lipinski definition) is 2. The summed E-state index contributed by atoms with van der Waals surface area (Å²) >= 11 is 5.30. The van der Waals surface area contributed by atoms with Gasteiger partial charge in [0, 0.05) is 17.3 Å². The van der Waals surface area contributed by atoms with Gasteiger partial charge in [-0.2, -0.15) is 0 Å². The molecule has 0 radical (unpaired) electrons. The van der Waals surface area contributed by atoms with Crippen LogP contribution < -0.4 is 54.8 Å².